The Bertz CT molecular complexity index is 545. The van der Waals surface area contributed by atoms with E-state index < -0.39 is 0 Å². The largest absolute Gasteiger partial charge is 0.393 e. The van der Waals surface area contributed by atoms with Gasteiger partial charge in [-0.25, -0.2) is 4.98 Å². The summed E-state index contributed by atoms with van der Waals surface area (Å²) in [6.45, 7) is 2.55. The number of pyridine rings is 1. The van der Waals surface area contributed by atoms with E-state index in [1.54, 1.807) is 0 Å². The first-order chi connectivity index (χ1) is 10.3. The fraction of sp³-hybridized carbons (Fsp3) is 0.706. The highest BCUT2D eigenvalue weighted by Crippen LogP contribution is 2.40. The van der Waals surface area contributed by atoms with Gasteiger partial charge in [0.05, 0.1) is 6.10 Å². The monoisotopic (exact) mass is 287 g/mol. The molecule has 0 radical (unpaired) electrons. The lowest BCUT2D eigenvalue weighted by Crippen LogP contribution is -2.27. The second-order valence-electron chi connectivity index (χ2n) is 6.96. The van der Waals surface area contributed by atoms with Gasteiger partial charge in [0.1, 0.15) is 5.82 Å². The third kappa shape index (κ3) is 2.25. The molecule has 2 aliphatic carbocycles. The molecule has 2 heterocycles. The van der Waals surface area contributed by atoms with Gasteiger partial charge in [-0.1, -0.05) is 0 Å². The van der Waals surface area contributed by atoms with E-state index in [4.69, 9.17) is 10.7 Å². The van der Waals surface area contributed by atoms with Crippen molar-refractivity contribution < 1.29 is 5.11 Å². The molecule has 4 nitrogen and oxygen atoms in total. The number of aryl methyl sites for hydroxylation is 2. The summed E-state index contributed by atoms with van der Waals surface area (Å²) in [5.74, 6) is 2.18. The Kier molecular flexibility index (Phi) is 3.38. The minimum absolute atomic E-state index is 0.112. The SMILES string of the molecule is NCc1cc2c(nc1N1CC3CCC(O)C3C1)CCCC2. The van der Waals surface area contributed by atoms with E-state index in [-0.39, 0.29) is 6.10 Å². The average molecular weight is 287 g/mol. The number of rotatable bonds is 2. The molecule has 0 bridgehead atoms. The molecule has 21 heavy (non-hydrogen) atoms. The van der Waals surface area contributed by atoms with E-state index in [1.807, 2.05) is 0 Å². The van der Waals surface area contributed by atoms with Gasteiger partial charge in [-0.05, 0) is 56.1 Å². The van der Waals surface area contributed by atoms with Gasteiger partial charge in [-0.15, -0.1) is 0 Å². The zero-order valence-electron chi connectivity index (χ0n) is 12.6. The lowest BCUT2D eigenvalue weighted by Gasteiger charge is -2.25. The number of nitrogens with two attached hydrogens (primary N) is 1. The van der Waals surface area contributed by atoms with Crippen LogP contribution in [0.5, 0.6) is 0 Å². The van der Waals surface area contributed by atoms with E-state index >= 15 is 0 Å². The number of fused-ring (bicyclic) bond motifs is 2. The van der Waals surface area contributed by atoms with E-state index in [0.717, 1.165) is 44.6 Å². The van der Waals surface area contributed by atoms with Gasteiger partial charge in [-0.3, -0.25) is 0 Å². The van der Waals surface area contributed by atoms with Crippen molar-refractivity contribution in [3.63, 3.8) is 0 Å². The van der Waals surface area contributed by atoms with Crippen LogP contribution in [0.15, 0.2) is 6.07 Å². The Morgan fingerprint density at radius 1 is 1.24 bits per heavy atom. The molecule has 0 amide bonds. The molecule has 1 aromatic heterocycles. The minimum atomic E-state index is -0.112. The molecule has 4 rings (SSSR count). The number of hydrogen-bond acceptors (Lipinski definition) is 4. The van der Waals surface area contributed by atoms with Crippen molar-refractivity contribution >= 4 is 5.82 Å². The summed E-state index contributed by atoms with van der Waals surface area (Å²) < 4.78 is 0. The van der Waals surface area contributed by atoms with E-state index in [1.165, 1.54) is 29.7 Å². The first kappa shape index (κ1) is 13.5. The third-order valence-corrected chi connectivity index (χ3v) is 5.70. The van der Waals surface area contributed by atoms with Crippen LogP contribution in [0.3, 0.4) is 0 Å². The van der Waals surface area contributed by atoms with Crippen molar-refractivity contribution in [2.75, 3.05) is 18.0 Å². The molecule has 3 unspecified atom stereocenters. The number of aliphatic hydroxyl groups excluding tert-OH is 1. The molecule has 0 aromatic carbocycles. The van der Waals surface area contributed by atoms with Gasteiger partial charge in [0, 0.05) is 36.8 Å². The molecule has 4 heteroatoms. The molecule has 3 atom stereocenters. The smallest absolute Gasteiger partial charge is 0.133 e. The van der Waals surface area contributed by atoms with Crippen molar-refractivity contribution in [2.45, 2.75) is 51.2 Å². The van der Waals surface area contributed by atoms with Crippen LogP contribution in [0.1, 0.15) is 42.5 Å². The van der Waals surface area contributed by atoms with Crippen molar-refractivity contribution in [2.24, 2.45) is 17.6 Å². The zero-order valence-corrected chi connectivity index (χ0v) is 12.6. The predicted octanol–water partition coefficient (Wildman–Crippen LogP) is 1.63. The molecule has 3 aliphatic rings. The highest BCUT2D eigenvalue weighted by Gasteiger charge is 2.42. The van der Waals surface area contributed by atoms with Crippen LogP contribution in [-0.4, -0.2) is 29.3 Å². The van der Waals surface area contributed by atoms with Crippen LogP contribution in [0.4, 0.5) is 5.82 Å². The second kappa shape index (κ2) is 5.25. The molecule has 2 fully saturated rings. The van der Waals surface area contributed by atoms with Gasteiger partial charge < -0.3 is 15.7 Å². The van der Waals surface area contributed by atoms with Crippen LogP contribution < -0.4 is 10.6 Å². The minimum Gasteiger partial charge on any atom is -0.393 e. The van der Waals surface area contributed by atoms with Crippen molar-refractivity contribution in [3.05, 3.63) is 22.9 Å². The fourth-order valence-corrected chi connectivity index (χ4v) is 4.50. The Morgan fingerprint density at radius 2 is 2.10 bits per heavy atom. The molecule has 3 N–H and O–H groups in total. The Morgan fingerprint density at radius 3 is 2.90 bits per heavy atom. The second-order valence-corrected chi connectivity index (χ2v) is 6.96. The van der Waals surface area contributed by atoms with Crippen molar-refractivity contribution in [3.8, 4) is 0 Å². The highest BCUT2D eigenvalue weighted by molar-refractivity contribution is 5.51. The summed E-state index contributed by atoms with van der Waals surface area (Å²) in [5, 5.41) is 10.1. The molecular weight excluding hydrogens is 262 g/mol. The molecular formula is C17H25N3O. The van der Waals surface area contributed by atoms with Crippen molar-refractivity contribution in [1.29, 1.82) is 0 Å². The summed E-state index contributed by atoms with van der Waals surface area (Å²) >= 11 is 0. The van der Waals surface area contributed by atoms with Gasteiger partial charge in [0.25, 0.3) is 0 Å². The summed E-state index contributed by atoms with van der Waals surface area (Å²) in [7, 11) is 0. The Labute approximate surface area is 126 Å². The summed E-state index contributed by atoms with van der Waals surface area (Å²) in [5.41, 5.74) is 9.85. The first-order valence-electron chi connectivity index (χ1n) is 8.41. The van der Waals surface area contributed by atoms with E-state index in [0.29, 0.717) is 18.4 Å². The van der Waals surface area contributed by atoms with E-state index in [2.05, 4.69) is 11.0 Å². The third-order valence-electron chi connectivity index (χ3n) is 5.70. The number of nitrogens with zero attached hydrogens (tertiary/aromatic N) is 2. The molecule has 1 aliphatic heterocycles. The van der Waals surface area contributed by atoms with Gasteiger partial charge >= 0.3 is 0 Å². The number of hydrogen-bond donors (Lipinski definition) is 2. The summed E-state index contributed by atoms with van der Waals surface area (Å²) in [4.78, 5) is 7.37. The van der Waals surface area contributed by atoms with Crippen LogP contribution in [0.25, 0.3) is 0 Å². The maximum atomic E-state index is 10.1. The van der Waals surface area contributed by atoms with Crippen LogP contribution in [-0.2, 0) is 19.4 Å². The fourth-order valence-electron chi connectivity index (χ4n) is 4.50. The van der Waals surface area contributed by atoms with Crippen LogP contribution in [0.2, 0.25) is 0 Å². The summed E-state index contributed by atoms with van der Waals surface area (Å²) in [6, 6.07) is 2.29. The summed E-state index contributed by atoms with van der Waals surface area (Å²) in [6.07, 6.45) is 6.81. The number of anilines is 1. The maximum Gasteiger partial charge on any atom is 0.133 e. The molecule has 1 saturated heterocycles. The zero-order chi connectivity index (χ0) is 14.4. The lowest BCUT2D eigenvalue weighted by atomic mass is 9.94. The molecule has 0 spiro atoms. The standard InChI is InChI=1S/C17H25N3O/c18-8-13-7-11-3-1-2-4-15(11)19-17(13)20-9-12-5-6-16(21)14(12)10-20/h7,12,14,16,21H,1-6,8-10,18H2. The topological polar surface area (TPSA) is 62.4 Å². The predicted molar refractivity (Wildman–Crippen MR) is 83.2 cm³/mol. The molecule has 114 valence electrons. The molecule has 1 aromatic rings. The van der Waals surface area contributed by atoms with Gasteiger partial charge in [0.2, 0.25) is 0 Å². The average Bonchev–Trinajstić information content (AvgIpc) is 3.08. The highest BCUT2D eigenvalue weighted by atomic mass is 16.3. The normalized spacial score (nSPS) is 31.3. The Hall–Kier alpha value is -1.13. The maximum absolute atomic E-state index is 10.1. The number of aliphatic hydroxyl groups is 1. The van der Waals surface area contributed by atoms with Crippen LogP contribution >= 0.6 is 0 Å². The Balaban J connectivity index is 1.65. The number of aromatic nitrogens is 1. The van der Waals surface area contributed by atoms with Crippen molar-refractivity contribution in [1.82, 2.24) is 4.98 Å². The first-order valence-corrected chi connectivity index (χ1v) is 8.41. The van der Waals surface area contributed by atoms with Crippen LogP contribution in [0, 0.1) is 11.8 Å². The quantitative estimate of drug-likeness (QED) is 0.868. The van der Waals surface area contributed by atoms with E-state index in [9.17, 15) is 5.11 Å². The van der Waals surface area contributed by atoms with Gasteiger partial charge in [0.15, 0.2) is 0 Å². The lowest BCUT2D eigenvalue weighted by molar-refractivity contribution is 0.133. The molecule has 1 saturated carbocycles. The van der Waals surface area contributed by atoms with Gasteiger partial charge in [-0.2, -0.15) is 0 Å².